The summed E-state index contributed by atoms with van der Waals surface area (Å²) in [6.07, 6.45) is 1.26. The van der Waals surface area contributed by atoms with Crippen LogP contribution in [-0.2, 0) is 0 Å². The Morgan fingerprint density at radius 3 is 2.10 bits per heavy atom. The molecule has 0 aromatic carbocycles. The van der Waals surface area contributed by atoms with Gasteiger partial charge in [0.1, 0.15) is 0 Å². The van der Waals surface area contributed by atoms with Gasteiger partial charge in [0.05, 0.1) is 0 Å². The monoisotopic (exact) mass is 158 g/mol. The second kappa shape index (κ2) is 4.84. The van der Waals surface area contributed by atoms with Crippen LogP contribution in [0.2, 0.25) is 0 Å². The van der Waals surface area contributed by atoms with E-state index in [2.05, 4.69) is 34.6 Å². The highest BCUT2D eigenvalue weighted by Gasteiger charge is 2.00. The molecule has 0 saturated carbocycles. The molecule has 0 saturated heterocycles. The van der Waals surface area contributed by atoms with Gasteiger partial charge in [-0.3, -0.25) is 0 Å². The highest BCUT2D eigenvalue weighted by molar-refractivity contribution is 8.03. The number of hydrogen-bond acceptors (Lipinski definition) is 1. The summed E-state index contributed by atoms with van der Waals surface area (Å²) in [5.41, 5.74) is 1.45. The van der Waals surface area contributed by atoms with Crippen molar-refractivity contribution in [3.05, 3.63) is 10.5 Å². The van der Waals surface area contributed by atoms with E-state index in [-0.39, 0.29) is 0 Å². The van der Waals surface area contributed by atoms with Gasteiger partial charge in [0.2, 0.25) is 0 Å². The van der Waals surface area contributed by atoms with Crippen LogP contribution in [-0.4, -0.2) is 5.25 Å². The summed E-state index contributed by atoms with van der Waals surface area (Å²) in [6.45, 7) is 11.1. The molecule has 0 spiro atoms. The van der Waals surface area contributed by atoms with Gasteiger partial charge in [-0.15, -0.1) is 11.8 Å². The third-order valence-corrected chi connectivity index (χ3v) is 3.15. The van der Waals surface area contributed by atoms with Crippen LogP contribution in [0.5, 0.6) is 0 Å². The average molecular weight is 158 g/mol. The Kier molecular flexibility index (Phi) is 4.88. The van der Waals surface area contributed by atoms with Crippen LogP contribution in [0.3, 0.4) is 0 Å². The molecule has 0 fully saturated rings. The van der Waals surface area contributed by atoms with Crippen molar-refractivity contribution < 1.29 is 0 Å². The van der Waals surface area contributed by atoms with Crippen LogP contribution in [0, 0.1) is 0 Å². The van der Waals surface area contributed by atoms with Crippen molar-refractivity contribution in [2.45, 2.75) is 46.3 Å². The van der Waals surface area contributed by atoms with Gasteiger partial charge in [0.15, 0.2) is 0 Å². The minimum Gasteiger partial charge on any atom is -0.128 e. The summed E-state index contributed by atoms with van der Waals surface area (Å²) in [6, 6.07) is 0. The minimum absolute atomic E-state index is 0.773. The van der Waals surface area contributed by atoms with E-state index >= 15 is 0 Å². The zero-order valence-corrected chi connectivity index (χ0v) is 8.51. The summed E-state index contributed by atoms with van der Waals surface area (Å²) in [5, 5.41) is 0.773. The fourth-order valence-corrected chi connectivity index (χ4v) is 1.51. The Bertz CT molecular complexity index is 121. The standard InChI is InChI=1S/C9H18S/c1-6-8(4)10-9(5)7(2)3/h8H,6H2,1-5H3. The quantitative estimate of drug-likeness (QED) is 0.601. The molecule has 1 heteroatoms. The molecule has 10 heavy (non-hydrogen) atoms. The van der Waals surface area contributed by atoms with Crippen LogP contribution in [0.1, 0.15) is 41.0 Å². The largest absolute Gasteiger partial charge is 0.128 e. The number of thioether (sulfide) groups is 1. The topological polar surface area (TPSA) is 0 Å². The van der Waals surface area contributed by atoms with Gasteiger partial charge in [-0.05, 0) is 32.1 Å². The average Bonchev–Trinajstić information content (AvgIpc) is 1.87. The third kappa shape index (κ3) is 3.99. The molecule has 0 aliphatic carbocycles. The Hall–Kier alpha value is 0.0900. The molecule has 0 aromatic rings. The molecule has 0 aliphatic rings. The van der Waals surface area contributed by atoms with E-state index in [1.54, 1.807) is 0 Å². The van der Waals surface area contributed by atoms with E-state index in [1.165, 1.54) is 16.9 Å². The number of rotatable bonds is 3. The van der Waals surface area contributed by atoms with Crippen molar-refractivity contribution in [2.75, 3.05) is 0 Å². The van der Waals surface area contributed by atoms with Crippen molar-refractivity contribution in [1.29, 1.82) is 0 Å². The lowest BCUT2D eigenvalue weighted by Crippen LogP contribution is -1.92. The first-order valence-corrected chi connectivity index (χ1v) is 4.76. The highest BCUT2D eigenvalue weighted by atomic mass is 32.2. The maximum Gasteiger partial charge on any atom is 0.00601 e. The maximum absolute atomic E-state index is 2.27. The summed E-state index contributed by atoms with van der Waals surface area (Å²) in [7, 11) is 0. The molecular weight excluding hydrogens is 140 g/mol. The predicted octanol–water partition coefficient (Wildman–Crippen LogP) is 3.83. The summed E-state index contributed by atoms with van der Waals surface area (Å²) >= 11 is 1.99. The van der Waals surface area contributed by atoms with Crippen molar-refractivity contribution >= 4 is 11.8 Å². The molecule has 0 heterocycles. The first-order chi connectivity index (χ1) is 4.57. The zero-order chi connectivity index (χ0) is 8.15. The fraction of sp³-hybridized carbons (Fsp3) is 0.778. The molecule has 1 unspecified atom stereocenters. The van der Waals surface area contributed by atoms with Gasteiger partial charge in [-0.2, -0.15) is 0 Å². The predicted molar refractivity (Wildman–Crippen MR) is 51.4 cm³/mol. The van der Waals surface area contributed by atoms with Crippen molar-refractivity contribution in [1.82, 2.24) is 0 Å². The van der Waals surface area contributed by atoms with Gasteiger partial charge >= 0.3 is 0 Å². The van der Waals surface area contributed by atoms with Crippen molar-refractivity contribution in [3.8, 4) is 0 Å². The van der Waals surface area contributed by atoms with Crippen molar-refractivity contribution in [3.63, 3.8) is 0 Å². The van der Waals surface area contributed by atoms with Gasteiger partial charge in [-0.1, -0.05) is 19.4 Å². The summed E-state index contributed by atoms with van der Waals surface area (Å²) < 4.78 is 0. The summed E-state index contributed by atoms with van der Waals surface area (Å²) in [4.78, 5) is 1.48. The van der Waals surface area contributed by atoms with E-state index in [0.29, 0.717) is 0 Å². The molecule has 0 aliphatic heterocycles. The fourth-order valence-electron chi connectivity index (χ4n) is 0.503. The van der Waals surface area contributed by atoms with E-state index in [0.717, 1.165) is 5.25 Å². The molecule has 0 radical (unpaired) electrons. The second-order valence-corrected chi connectivity index (χ2v) is 4.55. The van der Waals surface area contributed by atoms with Crippen LogP contribution < -0.4 is 0 Å². The first kappa shape index (κ1) is 10.1. The van der Waals surface area contributed by atoms with Crippen LogP contribution in [0.4, 0.5) is 0 Å². The third-order valence-electron chi connectivity index (χ3n) is 1.66. The normalized spacial score (nSPS) is 12.9. The lowest BCUT2D eigenvalue weighted by Gasteiger charge is -2.09. The van der Waals surface area contributed by atoms with Gasteiger partial charge < -0.3 is 0 Å². The molecular formula is C9H18S. The smallest absolute Gasteiger partial charge is 0.00601 e. The maximum atomic E-state index is 2.27. The van der Waals surface area contributed by atoms with E-state index in [9.17, 15) is 0 Å². The first-order valence-electron chi connectivity index (χ1n) is 3.88. The molecule has 0 bridgehead atoms. The zero-order valence-electron chi connectivity index (χ0n) is 7.69. The molecule has 0 amide bonds. The van der Waals surface area contributed by atoms with Gasteiger partial charge in [0, 0.05) is 5.25 Å². The van der Waals surface area contributed by atoms with Crippen molar-refractivity contribution in [2.24, 2.45) is 0 Å². The van der Waals surface area contributed by atoms with E-state index < -0.39 is 0 Å². The molecule has 1 atom stereocenters. The van der Waals surface area contributed by atoms with Crippen LogP contribution in [0.25, 0.3) is 0 Å². The molecule has 0 aromatic heterocycles. The molecule has 0 rings (SSSR count). The lowest BCUT2D eigenvalue weighted by atomic mass is 10.3. The van der Waals surface area contributed by atoms with Crippen LogP contribution in [0.15, 0.2) is 10.5 Å². The molecule has 0 N–H and O–H groups in total. The number of allylic oxidation sites excluding steroid dienone is 2. The minimum atomic E-state index is 0.773. The number of hydrogen-bond donors (Lipinski definition) is 0. The molecule has 60 valence electrons. The van der Waals surface area contributed by atoms with Crippen LogP contribution >= 0.6 is 11.8 Å². The Morgan fingerprint density at radius 1 is 1.30 bits per heavy atom. The van der Waals surface area contributed by atoms with Gasteiger partial charge in [0.25, 0.3) is 0 Å². The highest BCUT2D eigenvalue weighted by Crippen LogP contribution is 2.25. The Morgan fingerprint density at radius 2 is 1.80 bits per heavy atom. The lowest BCUT2D eigenvalue weighted by molar-refractivity contribution is 0.908. The van der Waals surface area contributed by atoms with E-state index in [1.807, 2.05) is 11.8 Å². The summed E-state index contributed by atoms with van der Waals surface area (Å²) in [5.74, 6) is 0. The van der Waals surface area contributed by atoms with Gasteiger partial charge in [-0.25, -0.2) is 0 Å². The molecule has 0 nitrogen and oxygen atoms in total. The SMILES string of the molecule is CCC(C)SC(C)=C(C)C. The second-order valence-electron chi connectivity index (χ2n) is 2.89. The Balaban J connectivity index is 3.79. The Labute approximate surface area is 69.1 Å². The van der Waals surface area contributed by atoms with E-state index in [4.69, 9.17) is 0 Å².